The van der Waals surface area contributed by atoms with Crippen molar-refractivity contribution < 1.29 is 31.1 Å². The van der Waals surface area contributed by atoms with Gasteiger partial charge in [0.1, 0.15) is 52.3 Å². The molecule has 8 heteroatoms. The molecular weight excluding hydrogens is 444 g/mol. The van der Waals surface area contributed by atoms with Crippen molar-refractivity contribution >= 4 is 0 Å². The second-order valence-electron chi connectivity index (χ2n) is 7.23. The standard InChI is InChI=1S/C25H17F6NO/c1-2-33-16-11-24(30)18(25(31)12-16)6-4-14-7-20(26)17(21(27)8-14)5-3-15-9-22(28)19(13-32)23(29)10-15/h2,7-12H,1,3-6H2. The fourth-order valence-corrected chi connectivity index (χ4v) is 3.44. The number of benzene rings is 3. The van der Waals surface area contributed by atoms with Crippen LogP contribution in [0, 0.1) is 46.2 Å². The summed E-state index contributed by atoms with van der Waals surface area (Å²) in [5, 5.41) is 8.70. The smallest absolute Gasteiger partial charge is 0.144 e. The van der Waals surface area contributed by atoms with Gasteiger partial charge in [-0.15, -0.1) is 0 Å². The molecule has 0 aromatic heterocycles. The van der Waals surface area contributed by atoms with E-state index in [9.17, 15) is 26.3 Å². The molecule has 0 fully saturated rings. The molecule has 170 valence electrons. The molecule has 2 nitrogen and oxygen atoms in total. The van der Waals surface area contributed by atoms with Crippen LogP contribution in [-0.2, 0) is 25.7 Å². The van der Waals surface area contributed by atoms with Crippen LogP contribution in [0.2, 0.25) is 0 Å². The maximum Gasteiger partial charge on any atom is 0.144 e. The van der Waals surface area contributed by atoms with E-state index in [1.807, 2.05) is 0 Å². The minimum absolute atomic E-state index is 0.0321. The van der Waals surface area contributed by atoms with Crippen LogP contribution in [0.5, 0.6) is 5.75 Å². The first-order chi connectivity index (χ1) is 15.7. The van der Waals surface area contributed by atoms with Crippen molar-refractivity contribution in [3.05, 3.63) is 112 Å². The molecule has 0 saturated carbocycles. The first-order valence-electron chi connectivity index (χ1n) is 9.83. The van der Waals surface area contributed by atoms with Gasteiger partial charge < -0.3 is 4.74 Å². The SMILES string of the molecule is C=COc1cc(F)c(CCc2cc(F)c(CCc3cc(F)c(C#N)c(F)c3)c(F)c2)c(F)c1. The molecule has 0 N–H and O–H groups in total. The molecule has 0 amide bonds. The first kappa shape index (κ1) is 23.9. The highest BCUT2D eigenvalue weighted by Crippen LogP contribution is 2.24. The minimum atomic E-state index is -1.05. The summed E-state index contributed by atoms with van der Waals surface area (Å²) in [6.07, 6.45) is 0.595. The van der Waals surface area contributed by atoms with Crippen molar-refractivity contribution in [3.63, 3.8) is 0 Å². The van der Waals surface area contributed by atoms with Crippen molar-refractivity contribution in [3.8, 4) is 11.8 Å². The molecule has 0 spiro atoms. The Labute approximate surface area is 186 Å². The molecule has 0 bridgehead atoms. The molecule has 3 aromatic carbocycles. The van der Waals surface area contributed by atoms with Crippen molar-refractivity contribution in [2.24, 2.45) is 0 Å². The quantitative estimate of drug-likeness (QED) is 0.284. The third-order valence-corrected chi connectivity index (χ3v) is 5.08. The number of nitrogens with zero attached hydrogens (tertiary/aromatic N) is 1. The van der Waals surface area contributed by atoms with Crippen LogP contribution in [0.3, 0.4) is 0 Å². The summed E-state index contributed by atoms with van der Waals surface area (Å²) in [5.41, 5.74) is -0.930. The van der Waals surface area contributed by atoms with Crippen LogP contribution in [0.15, 0.2) is 49.2 Å². The molecule has 0 atom stereocenters. The highest BCUT2D eigenvalue weighted by Gasteiger charge is 2.16. The number of nitriles is 1. The van der Waals surface area contributed by atoms with Gasteiger partial charge in [-0.2, -0.15) is 5.26 Å². The molecule has 3 rings (SSSR count). The van der Waals surface area contributed by atoms with Crippen molar-refractivity contribution in [2.45, 2.75) is 25.7 Å². The number of ether oxygens (including phenoxy) is 1. The summed E-state index contributed by atoms with van der Waals surface area (Å²) < 4.78 is 89.6. The Balaban J connectivity index is 1.72. The number of hydrogen-bond acceptors (Lipinski definition) is 2. The normalized spacial score (nSPS) is 10.7. The molecule has 33 heavy (non-hydrogen) atoms. The van der Waals surface area contributed by atoms with Gasteiger partial charge in [-0.1, -0.05) is 6.58 Å². The van der Waals surface area contributed by atoms with Gasteiger partial charge in [-0.3, -0.25) is 0 Å². The lowest BCUT2D eigenvalue weighted by Gasteiger charge is -2.11. The van der Waals surface area contributed by atoms with Gasteiger partial charge in [0, 0.05) is 23.3 Å². The average Bonchev–Trinajstić information content (AvgIpc) is 2.72. The van der Waals surface area contributed by atoms with E-state index >= 15 is 0 Å². The van der Waals surface area contributed by atoms with E-state index in [4.69, 9.17) is 10.00 Å². The van der Waals surface area contributed by atoms with Crippen LogP contribution < -0.4 is 4.74 Å². The lowest BCUT2D eigenvalue weighted by atomic mass is 9.98. The van der Waals surface area contributed by atoms with Crippen LogP contribution in [-0.4, -0.2) is 0 Å². The van der Waals surface area contributed by atoms with E-state index in [1.54, 1.807) is 0 Å². The second-order valence-corrected chi connectivity index (χ2v) is 7.23. The lowest BCUT2D eigenvalue weighted by molar-refractivity contribution is 0.464. The predicted octanol–water partition coefficient (Wildman–Crippen LogP) is 6.49. The van der Waals surface area contributed by atoms with Gasteiger partial charge >= 0.3 is 0 Å². The Kier molecular flexibility index (Phi) is 7.44. The Morgan fingerprint density at radius 3 is 1.45 bits per heavy atom. The van der Waals surface area contributed by atoms with Crippen LogP contribution in [0.1, 0.15) is 27.8 Å². The summed E-state index contributed by atoms with van der Waals surface area (Å²) in [6, 6.07) is 7.38. The molecule has 0 aliphatic heterocycles. The van der Waals surface area contributed by atoms with Gasteiger partial charge in [0.25, 0.3) is 0 Å². The molecule has 0 heterocycles. The summed E-state index contributed by atoms with van der Waals surface area (Å²) in [5.74, 6) is -5.63. The Bertz CT molecular complexity index is 1180. The Hall–Kier alpha value is -3.73. The maximum atomic E-state index is 14.5. The molecular formula is C25H17F6NO. The third kappa shape index (κ3) is 5.55. The van der Waals surface area contributed by atoms with E-state index in [1.165, 1.54) is 6.07 Å². The van der Waals surface area contributed by atoms with Crippen molar-refractivity contribution in [2.75, 3.05) is 0 Å². The molecule has 0 unspecified atom stereocenters. The Morgan fingerprint density at radius 1 is 0.667 bits per heavy atom. The number of hydrogen-bond donors (Lipinski definition) is 0. The van der Waals surface area contributed by atoms with Crippen molar-refractivity contribution in [1.29, 1.82) is 5.26 Å². The van der Waals surface area contributed by atoms with Gasteiger partial charge in [0.05, 0.1) is 6.26 Å². The van der Waals surface area contributed by atoms with Crippen LogP contribution in [0.4, 0.5) is 26.3 Å². The molecule has 0 aliphatic rings. The van der Waals surface area contributed by atoms with Gasteiger partial charge in [-0.05, 0) is 61.1 Å². The molecule has 0 saturated heterocycles. The monoisotopic (exact) mass is 461 g/mol. The summed E-state index contributed by atoms with van der Waals surface area (Å²) >= 11 is 0. The molecule has 0 radical (unpaired) electrons. The first-order valence-corrected chi connectivity index (χ1v) is 9.83. The fraction of sp³-hybridized carbons (Fsp3) is 0.160. The van der Waals surface area contributed by atoms with Crippen molar-refractivity contribution in [1.82, 2.24) is 0 Å². The van der Waals surface area contributed by atoms with Gasteiger partial charge in [-0.25, -0.2) is 26.3 Å². The average molecular weight is 461 g/mol. The van der Waals surface area contributed by atoms with E-state index in [2.05, 4.69) is 6.58 Å². The third-order valence-electron chi connectivity index (χ3n) is 5.08. The van der Waals surface area contributed by atoms with Gasteiger partial charge in [0.2, 0.25) is 0 Å². The second kappa shape index (κ2) is 10.3. The zero-order chi connectivity index (χ0) is 24.1. The maximum absolute atomic E-state index is 14.5. The van der Waals surface area contributed by atoms with Gasteiger partial charge in [0.15, 0.2) is 0 Å². The lowest BCUT2D eigenvalue weighted by Crippen LogP contribution is -2.04. The number of aryl methyl sites for hydroxylation is 2. The molecule has 0 aliphatic carbocycles. The van der Waals surface area contributed by atoms with E-state index in [0.717, 1.165) is 42.7 Å². The minimum Gasteiger partial charge on any atom is -0.465 e. The zero-order valence-electron chi connectivity index (χ0n) is 17.2. The highest BCUT2D eigenvalue weighted by atomic mass is 19.2. The van der Waals surface area contributed by atoms with Crippen LogP contribution in [0.25, 0.3) is 0 Å². The number of rotatable bonds is 8. The fourth-order valence-electron chi connectivity index (χ4n) is 3.44. The largest absolute Gasteiger partial charge is 0.465 e. The predicted molar refractivity (Wildman–Crippen MR) is 109 cm³/mol. The molecule has 3 aromatic rings. The van der Waals surface area contributed by atoms with Crippen LogP contribution >= 0.6 is 0 Å². The van der Waals surface area contributed by atoms with E-state index in [0.29, 0.717) is 0 Å². The van der Waals surface area contributed by atoms with E-state index < -0.39 is 40.5 Å². The summed E-state index contributed by atoms with van der Waals surface area (Å²) in [7, 11) is 0. The van der Waals surface area contributed by atoms with E-state index in [-0.39, 0.29) is 53.7 Å². The number of halogens is 6. The topological polar surface area (TPSA) is 33.0 Å². The highest BCUT2D eigenvalue weighted by molar-refractivity contribution is 5.36. The zero-order valence-corrected chi connectivity index (χ0v) is 17.2. The Morgan fingerprint density at radius 2 is 1.06 bits per heavy atom. The summed E-state index contributed by atoms with van der Waals surface area (Å²) in [4.78, 5) is 0. The summed E-state index contributed by atoms with van der Waals surface area (Å²) in [6.45, 7) is 3.30.